The predicted molar refractivity (Wildman–Crippen MR) is 118 cm³/mol. The number of benzene rings is 1. The van der Waals surface area contributed by atoms with E-state index in [1.807, 2.05) is 0 Å². The molecule has 0 saturated heterocycles. The van der Waals surface area contributed by atoms with Crippen LogP contribution in [0.2, 0.25) is 0 Å². The van der Waals surface area contributed by atoms with Crippen LogP contribution in [0.15, 0.2) is 53.7 Å². The van der Waals surface area contributed by atoms with E-state index in [-0.39, 0.29) is 17.1 Å². The molecule has 3 aromatic heterocycles. The number of hydrogen-bond acceptors (Lipinski definition) is 5. The van der Waals surface area contributed by atoms with Gasteiger partial charge in [0.25, 0.3) is 5.56 Å². The Morgan fingerprint density at radius 1 is 1.09 bits per heavy atom. The predicted octanol–water partition coefficient (Wildman–Crippen LogP) is 3.37. The Morgan fingerprint density at radius 2 is 1.88 bits per heavy atom. The number of aromatic carboxylic acids is 1. The third-order valence-electron chi connectivity index (χ3n) is 6.40. The number of carbonyl (C=O) groups is 1. The van der Waals surface area contributed by atoms with Gasteiger partial charge in [0.2, 0.25) is 5.95 Å². The van der Waals surface area contributed by atoms with Crippen molar-refractivity contribution in [1.82, 2.24) is 29.5 Å². The van der Waals surface area contributed by atoms with E-state index >= 15 is 0 Å². The van der Waals surface area contributed by atoms with Gasteiger partial charge < -0.3 is 5.11 Å². The summed E-state index contributed by atoms with van der Waals surface area (Å²) in [6, 6.07) is 10.7. The summed E-state index contributed by atoms with van der Waals surface area (Å²) in [5.41, 5.74) is 2.03. The number of carboxylic acid groups (broad SMARTS) is 1. The van der Waals surface area contributed by atoms with Gasteiger partial charge in [0.15, 0.2) is 5.52 Å². The smallest absolute Gasteiger partial charge is 0.338 e. The second kappa shape index (κ2) is 8.41. The molecular weight excluding hydrogens is 408 g/mol. The van der Waals surface area contributed by atoms with Gasteiger partial charge in [0.1, 0.15) is 5.52 Å². The first kappa shape index (κ1) is 20.2. The van der Waals surface area contributed by atoms with Gasteiger partial charge in [-0.2, -0.15) is 10.2 Å². The van der Waals surface area contributed by atoms with Crippen molar-refractivity contribution in [3.63, 3.8) is 0 Å². The van der Waals surface area contributed by atoms with Gasteiger partial charge in [-0.15, -0.1) is 0 Å². The van der Waals surface area contributed by atoms with Crippen LogP contribution in [-0.2, 0) is 6.54 Å². The molecule has 1 aliphatic carbocycles. The number of nitrogens with one attached hydrogen (secondary N) is 1. The molecule has 0 atom stereocenters. The van der Waals surface area contributed by atoms with Crippen molar-refractivity contribution in [3.8, 4) is 5.95 Å². The normalized spacial score (nSPS) is 18.8. The summed E-state index contributed by atoms with van der Waals surface area (Å²) in [4.78, 5) is 30.9. The van der Waals surface area contributed by atoms with E-state index in [4.69, 9.17) is 5.11 Å². The van der Waals surface area contributed by atoms with E-state index in [0.717, 1.165) is 6.42 Å². The lowest BCUT2D eigenvalue weighted by molar-refractivity contribution is 0.0697. The third kappa shape index (κ3) is 3.93. The zero-order chi connectivity index (χ0) is 22.1. The molecule has 0 bridgehead atoms. The van der Waals surface area contributed by atoms with Crippen molar-refractivity contribution in [2.24, 2.45) is 5.92 Å². The fourth-order valence-corrected chi connectivity index (χ4v) is 4.64. The van der Waals surface area contributed by atoms with Crippen LogP contribution in [0.5, 0.6) is 0 Å². The van der Waals surface area contributed by atoms with E-state index in [1.54, 1.807) is 10.9 Å². The van der Waals surface area contributed by atoms with E-state index in [2.05, 4.69) is 50.5 Å². The maximum absolute atomic E-state index is 12.7. The minimum atomic E-state index is -1.09. The van der Waals surface area contributed by atoms with Gasteiger partial charge in [-0.05, 0) is 49.5 Å². The lowest BCUT2D eigenvalue weighted by Gasteiger charge is -2.28. The fourth-order valence-electron chi connectivity index (χ4n) is 4.64. The standard InChI is InChI=1S/C23H24N6O3/c30-21-20-19(26-23(27-21)29-14-18(12-24-29)22(31)32)13-25-28(20)11-10-15-6-8-17(9-7-15)16-4-2-1-3-5-16/h1-5,12-15,17H,6-11H2,(H,31,32)(H,26,27,30). The zero-order valence-corrected chi connectivity index (χ0v) is 17.5. The van der Waals surface area contributed by atoms with E-state index in [9.17, 15) is 9.59 Å². The van der Waals surface area contributed by atoms with Crippen LogP contribution in [0.25, 0.3) is 17.0 Å². The Morgan fingerprint density at radius 3 is 2.59 bits per heavy atom. The lowest BCUT2D eigenvalue weighted by Crippen LogP contribution is -2.19. The molecule has 2 N–H and O–H groups in total. The first-order valence-corrected chi connectivity index (χ1v) is 10.9. The van der Waals surface area contributed by atoms with Crippen LogP contribution in [0, 0.1) is 5.92 Å². The molecule has 1 aromatic carbocycles. The SMILES string of the molecule is O=C(O)c1cnn(-c2nc3cnn(CCC4CCC(c5ccccc5)CC4)c3c(=O)[nH]2)c1. The molecule has 0 unspecified atom stereocenters. The van der Waals surface area contributed by atoms with Crippen molar-refractivity contribution in [2.75, 3.05) is 0 Å². The van der Waals surface area contributed by atoms with Crippen molar-refractivity contribution in [2.45, 2.75) is 44.6 Å². The van der Waals surface area contributed by atoms with E-state index < -0.39 is 5.97 Å². The molecule has 9 heteroatoms. The number of aromatic amines is 1. The van der Waals surface area contributed by atoms with Gasteiger partial charge in [0, 0.05) is 12.7 Å². The molecule has 0 spiro atoms. The first-order valence-electron chi connectivity index (χ1n) is 10.9. The van der Waals surface area contributed by atoms with Crippen LogP contribution >= 0.6 is 0 Å². The highest BCUT2D eigenvalue weighted by Gasteiger charge is 2.23. The van der Waals surface area contributed by atoms with Gasteiger partial charge in [0.05, 0.1) is 18.0 Å². The maximum Gasteiger partial charge on any atom is 0.338 e. The van der Waals surface area contributed by atoms with Gasteiger partial charge in [-0.25, -0.2) is 14.5 Å². The Bertz CT molecular complexity index is 1300. The Labute approximate surface area is 183 Å². The van der Waals surface area contributed by atoms with E-state index in [0.29, 0.717) is 29.4 Å². The van der Waals surface area contributed by atoms with Gasteiger partial charge in [-0.1, -0.05) is 30.3 Å². The van der Waals surface area contributed by atoms with Gasteiger partial charge in [-0.3, -0.25) is 14.5 Å². The molecule has 0 radical (unpaired) electrons. The maximum atomic E-state index is 12.7. The molecular formula is C23H24N6O3. The number of nitrogens with zero attached hydrogens (tertiary/aromatic N) is 5. The summed E-state index contributed by atoms with van der Waals surface area (Å²) in [5.74, 6) is 0.338. The number of aromatic nitrogens is 6. The van der Waals surface area contributed by atoms with Crippen LogP contribution in [-0.4, -0.2) is 40.6 Å². The number of rotatable bonds is 6. The molecule has 32 heavy (non-hydrogen) atoms. The number of fused-ring (bicyclic) bond motifs is 1. The number of H-pyrrole nitrogens is 1. The van der Waals surface area contributed by atoms with Gasteiger partial charge >= 0.3 is 5.97 Å². The molecule has 1 saturated carbocycles. The molecule has 9 nitrogen and oxygen atoms in total. The minimum Gasteiger partial charge on any atom is -0.478 e. The highest BCUT2D eigenvalue weighted by molar-refractivity contribution is 5.87. The van der Waals surface area contributed by atoms with Crippen molar-refractivity contribution >= 4 is 17.0 Å². The molecule has 0 aliphatic heterocycles. The second-order valence-electron chi connectivity index (χ2n) is 8.39. The number of carboxylic acids is 1. The molecule has 0 amide bonds. The molecule has 1 aliphatic rings. The summed E-state index contributed by atoms with van der Waals surface area (Å²) in [6.45, 7) is 0.666. The number of aryl methyl sites for hydroxylation is 1. The van der Waals surface area contributed by atoms with Crippen LogP contribution in [0.1, 0.15) is 53.9 Å². The molecule has 3 heterocycles. The highest BCUT2D eigenvalue weighted by atomic mass is 16.4. The average molecular weight is 432 g/mol. The van der Waals surface area contributed by atoms with Crippen LogP contribution < -0.4 is 5.56 Å². The van der Waals surface area contributed by atoms with Crippen LogP contribution in [0.4, 0.5) is 0 Å². The van der Waals surface area contributed by atoms with E-state index in [1.165, 1.54) is 48.3 Å². The second-order valence-corrected chi connectivity index (χ2v) is 8.39. The summed E-state index contributed by atoms with van der Waals surface area (Å²) < 4.78 is 2.97. The van der Waals surface area contributed by atoms with Crippen molar-refractivity contribution in [1.29, 1.82) is 0 Å². The molecule has 164 valence electrons. The molecule has 4 aromatic rings. The van der Waals surface area contributed by atoms with Crippen molar-refractivity contribution < 1.29 is 9.90 Å². The highest BCUT2D eigenvalue weighted by Crippen LogP contribution is 2.37. The quantitative estimate of drug-likeness (QED) is 0.482. The topological polar surface area (TPSA) is 119 Å². The molecule has 1 fully saturated rings. The average Bonchev–Trinajstić information content (AvgIpc) is 3.47. The zero-order valence-electron chi connectivity index (χ0n) is 17.5. The Kier molecular flexibility index (Phi) is 5.30. The lowest BCUT2D eigenvalue weighted by atomic mass is 9.77. The van der Waals surface area contributed by atoms with Crippen molar-refractivity contribution in [3.05, 3.63) is 70.4 Å². The first-order chi connectivity index (χ1) is 15.6. The Balaban J connectivity index is 1.26. The largest absolute Gasteiger partial charge is 0.478 e. The molecule has 5 rings (SSSR count). The summed E-state index contributed by atoms with van der Waals surface area (Å²) in [7, 11) is 0. The van der Waals surface area contributed by atoms with Crippen LogP contribution in [0.3, 0.4) is 0 Å². The Hall–Kier alpha value is -3.75. The number of hydrogen-bond donors (Lipinski definition) is 2. The summed E-state index contributed by atoms with van der Waals surface area (Å²) >= 11 is 0. The minimum absolute atomic E-state index is 0.0189. The summed E-state index contributed by atoms with van der Waals surface area (Å²) in [6.07, 6.45) is 9.82. The third-order valence-corrected chi connectivity index (χ3v) is 6.40. The fraction of sp³-hybridized carbons (Fsp3) is 0.348. The monoisotopic (exact) mass is 432 g/mol. The summed E-state index contributed by atoms with van der Waals surface area (Å²) in [5, 5.41) is 17.4.